The number of rotatable bonds is 1. The third-order valence-corrected chi connectivity index (χ3v) is 2.87. The highest BCUT2D eigenvalue weighted by Gasteiger charge is 2.10. The Balaban J connectivity index is 2.63. The van der Waals surface area contributed by atoms with Gasteiger partial charge in [-0.15, -0.1) is 11.3 Å². The molecule has 0 fully saturated rings. The zero-order chi connectivity index (χ0) is 11.0. The summed E-state index contributed by atoms with van der Waals surface area (Å²) < 4.78 is 0. The van der Waals surface area contributed by atoms with Crippen LogP contribution in [0, 0.1) is 13.8 Å². The largest absolute Gasteiger partial charge is 0.368 e. The van der Waals surface area contributed by atoms with E-state index >= 15 is 0 Å². The smallest absolute Gasteiger partial charge is 0.349 e. The molecule has 0 aliphatic heterocycles. The lowest BCUT2D eigenvalue weighted by molar-refractivity contribution is 1.01. The Morgan fingerprint density at radius 2 is 2.00 bits per heavy atom. The molecule has 78 valence electrons. The van der Waals surface area contributed by atoms with Gasteiger partial charge in [0.25, 0.3) is 0 Å². The molecule has 0 saturated carbocycles. The number of H-pyrrole nitrogens is 1. The summed E-state index contributed by atoms with van der Waals surface area (Å²) in [7, 11) is 0. The maximum Gasteiger partial charge on any atom is 0.349 e. The van der Waals surface area contributed by atoms with Gasteiger partial charge in [0.2, 0.25) is 5.95 Å². The third kappa shape index (κ3) is 1.86. The minimum Gasteiger partial charge on any atom is -0.368 e. The number of nitrogens with zero attached hydrogens (tertiary/aromatic N) is 3. The number of hydrogen-bond acceptors (Lipinski definition) is 6. The lowest BCUT2D eigenvalue weighted by atomic mass is 10.4. The molecule has 0 spiro atoms. The molecule has 0 unspecified atom stereocenters. The fourth-order valence-electron chi connectivity index (χ4n) is 1.26. The molecule has 15 heavy (non-hydrogen) atoms. The van der Waals surface area contributed by atoms with E-state index in [-0.39, 0.29) is 5.95 Å². The van der Waals surface area contributed by atoms with E-state index in [4.69, 9.17) is 5.73 Å². The van der Waals surface area contributed by atoms with Gasteiger partial charge in [0.15, 0.2) is 5.82 Å². The molecule has 0 amide bonds. The molecular formula is C8H9N5OS. The van der Waals surface area contributed by atoms with Crippen molar-refractivity contribution >= 4 is 17.3 Å². The van der Waals surface area contributed by atoms with Crippen LogP contribution in [0.5, 0.6) is 0 Å². The van der Waals surface area contributed by atoms with Crippen molar-refractivity contribution in [2.24, 2.45) is 0 Å². The number of nitrogens with two attached hydrogens (primary N) is 1. The average molecular weight is 223 g/mol. The van der Waals surface area contributed by atoms with Crippen LogP contribution >= 0.6 is 11.3 Å². The number of hydrogen-bond donors (Lipinski definition) is 2. The monoisotopic (exact) mass is 223 g/mol. The number of aryl methyl sites for hydroxylation is 2. The van der Waals surface area contributed by atoms with Crippen LogP contribution < -0.4 is 11.4 Å². The molecule has 2 heterocycles. The highest BCUT2D eigenvalue weighted by atomic mass is 32.1. The standard InChI is InChI=1S/C8H9N5OS/c1-3-5(15-4(2)10-3)6-11-7(9)13-8(14)12-6/h1-2H3,(H3,9,11,12,13,14). The van der Waals surface area contributed by atoms with Crippen LogP contribution in [0.25, 0.3) is 10.7 Å². The van der Waals surface area contributed by atoms with Crippen molar-refractivity contribution in [2.45, 2.75) is 13.8 Å². The molecule has 0 aromatic carbocycles. The van der Waals surface area contributed by atoms with Crippen LogP contribution in [0.15, 0.2) is 4.79 Å². The van der Waals surface area contributed by atoms with Crippen LogP contribution in [0.2, 0.25) is 0 Å². The van der Waals surface area contributed by atoms with Gasteiger partial charge >= 0.3 is 5.69 Å². The van der Waals surface area contributed by atoms with E-state index in [1.807, 2.05) is 13.8 Å². The van der Waals surface area contributed by atoms with Crippen molar-refractivity contribution in [3.8, 4) is 10.7 Å². The molecule has 2 aromatic rings. The molecular weight excluding hydrogens is 214 g/mol. The van der Waals surface area contributed by atoms with E-state index < -0.39 is 5.69 Å². The Morgan fingerprint density at radius 3 is 2.53 bits per heavy atom. The van der Waals surface area contributed by atoms with Crippen LogP contribution in [0.3, 0.4) is 0 Å². The lowest BCUT2D eigenvalue weighted by Gasteiger charge is -1.97. The van der Waals surface area contributed by atoms with Gasteiger partial charge in [-0.3, -0.25) is 4.98 Å². The SMILES string of the molecule is Cc1nc(C)c(-c2nc(N)nc(=O)[nH]2)s1. The molecule has 2 rings (SSSR count). The number of nitrogens with one attached hydrogen (secondary N) is 1. The zero-order valence-electron chi connectivity index (χ0n) is 8.24. The molecule has 0 aliphatic carbocycles. The third-order valence-electron chi connectivity index (χ3n) is 1.79. The summed E-state index contributed by atoms with van der Waals surface area (Å²) in [5, 5.41) is 0.917. The van der Waals surface area contributed by atoms with Gasteiger partial charge in [-0.1, -0.05) is 0 Å². The van der Waals surface area contributed by atoms with Crippen LogP contribution in [0.1, 0.15) is 10.7 Å². The minimum absolute atomic E-state index is 0.0285. The number of thiazole rings is 1. The van der Waals surface area contributed by atoms with Gasteiger partial charge in [-0.2, -0.15) is 9.97 Å². The fourth-order valence-corrected chi connectivity index (χ4v) is 2.12. The normalized spacial score (nSPS) is 10.5. The topological polar surface area (TPSA) is 97.5 Å². The van der Waals surface area contributed by atoms with Crippen LogP contribution in [0.4, 0.5) is 5.95 Å². The van der Waals surface area contributed by atoms with E-state index in [1.165, 1.54) is 11.3 Å². The summed E-state index contributed by atoms with van der Waals surface area (Å²) in [6, 6.07) is 0. The first kappa shape index (κ1) is 9.78. The quantitative estimate of drug-likeness (QED) is 0.733. The summed E-state index contributed by atoms with van der Waals surface area (Å²) >= 11 is 1.46. The fraction of sp³-hybridized carbons (Fsp3) is 0.250. The Labute approximate surface area is 89.2 Å². The van der Waals surface area contributed by atoms with E-state index in [0.29, 0.717) is 5.82 Å². The second-order valence-corrected chi connectivity index (χ2v) is 4.21. The Bertz CT molecular complexity index is 558. The van der Waals surface area contributed by atoms with Gasteiger partial charge < -0.3 is 5.73 Å². The Morgan fingerprint density at radius 1 is 1.27 bits per heavy atom. The second kappa shape index (κ2) is 3.43. The van der Waals surface area contributed by atoms with Crippen molar-refractivity contribution in [3.63, 3.8) is 0 Å². The Hall–Kier alpha value is -1.76. The number of aromatic amines is 1. The molecule has 0 aliphatic rings. The lowest BCUT2D eigenvalue weighted by Crippen LogP contribution is -2.15. The van der Waals surface area contributed by atoms with Crippen LogP contribution in [-0.4, -0.2) is 19.9 Å². The number of aromatic nitrogens is 4. The van der Waals surface area contributed by atoms with Gasteiger partial charge in [0.05, 0.1) is 15.6 Å². The predicted octanol–water partition coefficient (Wildman–Crippen LogP) is 0.487. The van der Waals surface area contributed by atoms with E-state index in [2.05, 4.69) is 19.9 Å². The zero-order valence-corrected chi connectivity index (χ0v) is 9.05. The Kier molecular flexibility index (Phi) is 2.24. The second-order valence-electron chi connectivity index (χ2n) is 3.01. The van der Waals surface area contributed by atoms with E-state index in [0.717, 1.165) is 15.6 Å². The first-order valence-corrected chi connectivity index (χ1v) is 5.06. The molecule has 0 atom stereocenters. The summed E-state index contributed by atoms with van der Waals surface area (Å²) in [6.45, 7) is 3.75. The van der Waals surface area contributed by atoms with Crippen molar-refractivity contribution in [1.82, 2.24) is 19.9 Å². The summed E-state index contributed by atoms with van der Waals surface area (Å²) in [5.41, 5.74) is 5.72. The molecule has 2 aromatic heterocycles. The molecule has 0 saturated heterocycles. The highest BCUT2D eigenvalue weighted by Crippen LogP contribution is 2.25. The summed E-state index contributed by atoms with van der Waals surface area (Å²) in [6.07, 6.45) is 0. The molecule has 0 radical (unpaired) electrons. The molecule has 0 bridgehead atoms. The van der Waals surface area contributed by atoms with E-state index in [1.54, 1.807) is 0 Å². The first-order chi connectivity index (χ1) is 7.06. The summed E-state index contributed by atoms with van der Waals surface area (Å²) in [4.78, 5) is 26.1. The predicted molar refractivity (Wildman–Crippen MR) is 57.6 cm³/mol. The van der Waals surface area contributed by atoms with Crippen molar-refractivity contribution < 1.29 is 0 Å². The molecule has 3 N–H and O–H groups in total. The van der Waals surface area contributed by atoms with Crippen molar-refractivity contribution in [2.75, 3.05) is 5.73 Å². The van der Waals surface area contributed by atoms with Crippen LogP contribution in [-0.2, 0) is 0 Å². The molecule has 7 heteroatoms. The van der Waals surface area contributed by atoms with Crippen molar-refractivity contribution in [1.29, 1.82) is 0 Å². The van der Waals surface area contributed by atoms with Crippen molar-refractivity contribution in [3.05, 3.63) is 21.2 Å². The average Bonchev–Trinajstić information content (AvgIpc) is 2.43. The minimum atomic E-state index is -0.497. The summed E-state index contributed by atoms with van der Waals surface area (Å²) in [5.74, 6) is 0.398. The maximum atomic E-state index is 11.1. The molecule has 6 nitrogen and oxygen atoms in total. The van der Waals surface area contributed by atoms with E-state index in [9.17, 15) is 4.79 Å². The van der Waals surface area contributed by atoms with Gasteiger partial charge in [0.1, 0.15) is 0 Å². The number of anilines is 1. The van der Waals surface area contributed by atoms with Gasteiger partial charge in [-0.25, -0.2) is 9.78 Å². The maximum absolute atomic E-state index is 11.1. The van der Waals surface area contributed by atoms with Gasteiger partial charge in [0, 0.05) is 0 Å². The van der Waals surface area contributed by atoms with Gasteiger partial charge in [-0.05, 0) is 13.8 Å². The number of nitrogen functional groups attached to an aromatic ring is 1. The highest BCUT2D eigenvalue weighted by molar-refractivity contribution is 7.15. The first-order valence-electron chi connectivity index (χ1n) is 4.24.